The molecule has 1 aromatic carbocycles. The van der Waals surface area contributed by atoms with Gasteiger partial charge in [0.05, 0.1) is 11.7 Å². The highest BCUT2D eigenvalue weighted by atomic mass is 16.4. The van der Waals surface area contributed by atoms with Gasteiger partial charge in [0.25, 0.3) is 0 Å². The summed E-state index contributed by atoms with van der Waals surface area (Å²) in [5.41, 5.74) is 1.16. The van der Waals surface area contributed by atoms with Gasteiger partial charge in [-0.05, 0) is 18.7 Å². The summed E-state index contributed by atoms with van der Waals surface area (Å²) in [6.45, 7) is 6.00. The zero-order chi connectivity index (χ0) is 16.4. The molecular formula is C17H25N3O3. The normalized spacial score (nSPS) is 27.4. The Labute approximate surface area is 136 Å². The number of hydrogen-bond donors (Lipinski definition) is 2. The van der Waals surface area contributed by atoms with Crippen LogP contribution in [0.15, 0.2) is 24.3 Å². The number of piperazine rings is 1. The number of benzene rings is 1. The van der Waals surface area contributed by atoms with Gasteiger partial charge in [0.1, 0.15) is 0 Å². The van der Waals surface area contributed by atoms with E-state index < -0.39 is 5.97 Å². The molecule has 23 heavy (non-hydrogen) atoms. The number of likely N-dealkylation sites (tertiary alicyclic amines) is 1. The van der Waals surface area contributed by atoms with Crippen LogP contribution in [-0.2, 0) is 6.54 Å². The summed E-state index contributed by atoms with van der Waals surface area (Å²) >= 11 is 0. The van der Waals surface area contributed by atoms with Gasteiger partial charge in [-0.25, -0.2) is 4.79 Å². The van der Waals surface area contributed by atoms with Crippen molar-refractivity contribution in [3.63, 3.8) is 0 Å². The molecular weight excluding hydrogens is 294 g/mol. The Hall–Kier alpha value is -1.47. The summed E-state index contributed by atoms with van der Waals surface area (Å²) in [4.78, 5) is 18.2. The van der Waals surface area contributed by atoms with E-state index in [1.54, 1.807) is 12.1 Å². The molecule has 0 radical (unpaired) electrons. The number of aliphatic hydroxyl groups is 1. The molecule has 6 nitrogen and oxygen atoms in total. The SMILES string of the molecule is CN1CCN([C@@H]2CN(Cc3ccccc3C(=O)O)C[C@H]2O)CC1. The van der Waals surface area contributed by atoms with Gasteiger partial charge in [-0.2, -0.15) is 0 Å². The van der Waals surface area contributed by atoms with Crippen molar-refractivity contribution < 1.29 is 15.0 Å². The lowest BCUT2D eigenvalue weighted by molar-refractivity contribution is 0.0512. The molecule has 2 aliphatic heterocycles. The van der Waals surface area contributed by atoms with Crippen LogP contribution < -0.4 is 0 Å². The number of aliphatic hydroxyl groups excluding tert-OH is 1. The first-order chi connectivity index (χ1) is 11.0. The van der Waals surface area contributed by atoms with Crippen molar-refractivity contribution in [1.29, 1.82) is 0 Å². The lowest BCUT2D eigenvalue weighted by atomic mass is 10.1. The molecule has 1 aromatic rings. The minimum absolute atomic E-state index is 0.153. The fraction of sp³-hybridized carbons (Fsp3) is 0.588. The number of rotatable bonds is 4. The van der Waals surface area contributed by atoms with Crippen molar-refractivity contribution in [2.24, 2.45) is 0 Å². The Balaban J connectivity index is 1.64. The van der Waals surface area contributed by atoms with Gasteiger partial charge >= 0.3 is 5.97 Å². The third kappa shape index (κ3) is 3.72. The maximum atomic E-state index is 11.3. The summed E-state index contributed by atoms with van der Waals surface area (Å²) < 4.78 is 0. The molecule has 126 valence electrons. The second-order valence-electron chi connectivity index (χ2n) is 6.63. The molecule has 0 saturated carbocycles. The monoisotopic (exact) mass is 319 g/mol. The Morgan fingerprint density at radius 1 is 1.17 bits per heavy atom. The molecule has 2 atom stereocenters. The van der Waals surface area contributed by atoms with Crippen LogP contribution in [0.1, 0.15) is 15.9 Å². The van der Waals surface area contributed by atoms with Gasteiger partial charge in [-0.1, -0.05) is 18.2 Å². The second kappa shape index (κ2) is 6.97. The summed E-state index contributed by atoms with van der Waals surface area (Å²) in [6, 6.07) is 7.27. The van der Waals surface area contributed by atoms with Crippen molar-refractivity contribution in [1.82, 2.24) is 14.7 Å². The standard InChI is InChI=1S/C17H25N3O3/c1-18-6-8-20(9-7-18)15-11-19(12-16(15)21)10-13-4-2-3-5-14(13)17(22)23/h2-5,15-16,21H,6-12H2,1H3,(H,22,23)/t15-,16-/m1/s1. The number of carboxylic acids is 1. The molecule has 2 saturated heterocycles. The zero-order valence-electron chi connectivity index (χ0n) is 13.6. The van der Waals surface area contributed by atoms with E-state index in [4.69, 9.17) is 0 Å². The highest BCUT2D eigenvalue weighted by Crippen LogP contribution is 2.21. The number of carbonyl (C=O) groups is 1. The van der Waals surface area contributed by atoms with Gasteiger partial charge < -0.3 is 15.1 Å². The average Bonchev–Trinajstić information content (AvgIpc) is 2.89. The number of likely N-dealkylation sites (N-methyl/N-ethyl adjacent to an activating group) is 1. The van der Waals surface area contributed by atoms with Crippen LogP contribution in [0, 0.1) is 0 Å². The third-order valence-electron chi connectivity index (χ3n) is 4.98. The maximum absolute atomic E-state index is 11.3. The maximum Gasteiger partial charge on any atom is 0.336 e. The smallest absolute Gasteiger partial charge is 0.336 e. The highest BCUT2D eigenvalue weighted by molar-refractivity contribution is 5.89. The molecule has 2 aliphatic rings. The summed E-state index contributed by atoms with van der Waals surface area (Å²) in [6.07, 6.45) is -0.365. The van der Waals surface area contributed by atoms with E-state index in [1.165, 1.54) is 0 Å². The second-order valence-corrected chi connectivity index (χ2v) is 6.63. The molecule has 2 N–H and O–H groups in total. The lowest BCUT2D eigenvalue weighted by Crippen LogP contribution is -2.52. The molecule has 0 bridgehead atoms. The van der Waals surface area contributed by atoms with Crippen LogP contribution in [-0.4, -0.2) is 89.3 Å². The quantitative estimate of drug-likeness (QED) is 0.825. The van der Waals surface area contributed by atoms with Crippen molar-refractivity contribution >= 4 is 5.97 Å². The molecule has 0 amide bonds. The van der Waals surface area contributed by atoms with Crippen molar-refractivity contribution in [3.05, 3.63) is 35.4 Å². The third-order valence-corrected chi connectivity index (χ3v) is 4.98. The predicted molar refractivity (Wildman–Crippen MR) is 87.5 cm³/mol. The van der Waals surface area contributed by atoms with Gasteiger partial charge in [0.15, 0.2) is 0 Å². The van der Waals surface area contributed by atoms with Crippen molar-refractivity contribution in [2.45, 2.75) is 18.7 Å². The fourth-order valence-corrected chi connectivity index (χ4v) is 3.60. The Morgan fingerprint density at radius 2 is 1.87 bits per heavy atom. The molecule has 2 heterocycles. The van der Waals surface area contributed by atoms with Crippen molar-refractivity contribution in [2.75, 3.05) is 46.3 Å². The largest absolute Gasteiger partial charge is 0.478 e. The van der Waals surface area contributed by atoms with Crippen molar-refractivity contribution in [3.8, 4) is 0 Å². The van der Waals surface area contributed by atoms with Gasteiger partial charge in [0.2, 0.25) is 0 Å². The minimum atomic E-state index is -0.893. The van der Waals surface area contributed by atoms with Crippen LogP contribution >= 0.6 is 0 Å². The minimum Gasteiger partial charge on any atom is -0.478 e. The molecule has 3 rings (SSSR count). The predicted octanol–water partition coefficient (Wildman–Crippen LogP) is 0.177. The molecule has 0 aliphatic carbocycles. The van der Waals surface area contributed by atoms with Gasteiger partial charge in [-0.15, -0.1) is 0 Å². The Bertz CT molecular complexity index is 558. The summed E-state index contributed by atoms with van der Waals surface area (Å²) in [5.74, 6) is -0.893. The average molecular weight is 319 g/mol. The van der Waals surface area contributed by atoms with E-state index in [0.717, 1.165) is 38.3 Å². The first-order valence-corrected chi connectivity index (χ1v) is 8.19. The van der Waals surface area contributed by atoms with Crippen LogP contribution in [0.25, 0.3) is 0 Å². The molecule has 2 fully saturated rings. The van der Waals surface area contributed by atoms with Gasteiger partial charge in [0, 0.05) is 51.9 Å². The van der Waals surface area contributed by atoms with Crippen LogP contribution in [0.5, 0.6) is 0 Å². The van der Waals surface area contributed by atoms with Crippen LogP contribution in [0.4, 0.5) is 0 Å². The Morgan fingerprint density at radius 3 is 2.57 bits per heavy atom. The first kappa shape index (κ1) is 16.4. The van der Waals surface area contributed by atoms with Crippen LogP contribution in [0.2, 0.25) is 0 Å². The van der Waals surface area contributed by atoms with E-state index in [9.17, 15) is 15.0 Å². The highest BCUT2D eigenvalue weighted by Gasteiger charge is 2.36. The van der Waals surface area contributed by atoms with E-state index in [0.29, 0.717) is 18.7 Å². The van der Waals surface area contributed by atoms with E-state index >= 15 is 0 Å². The summed E-state index contributed by atoms with van der Waals surface area (Å²) in [7, 11) is 2.12. The van der Waals surface area contributed by atoms with E-state index in [2.05, 4.69) is 21.7 Å². The molecule has 0 aromatic heterocycles. The lowest BCUT2D eigenvalue weighted by Gasteiger charge is -2.37. The number of hydrogen-bond acceptors (Lipinski definition) is 5. The fourth-order valence-electron chi connectivity index (χ4n) is 3.60. The summed E-state index contributed by atoms with van der Waals surface area (Å²) in [5, 5.41) is 19.7. The number of nitrogens with zero attached hydrogens (tertiary/aromatic N) is 3. The van der Waals surface area contributed by atoms with Crippen LogP contribution in [0.3, 0.4) is 0 Å². The number of aromatic carboxylic acids is 1. The zero-order valence-corrected chi connectivity index (χ0v) is 13.6. The topological polar surface area (TPSA) is 67.2 Å². The molecule has 0 spiro atoms. The number of β-amino-alcohol motifs (C(OH)–C–C–N with tert-alkyl or cyclic N) is 1. The number of carboxylic acid groups (broad SMARTS) is 1. The van der Waals surface area contributed by atoms with E-state index in [1.807, 2.05) is 12.1 Å². The van der Waals surface area contributed by atoms with E-state index in [-0.39, 0.29) is 12.1 Å². The first-order valence-electron chi connectivity index (χ1n) is 8.19. The molecule has 6 heteroatoms. The molecule has 0 unspecified atom stereocenters. The van der Waals surface area contributed by atoms with Gasteiger partial charge in [-0.3, -0.25) is 9.80 Å². The Kier molecular flexibility index (Phi) is 4.96.